The Kier molecular flexibility index (Phi) is 14.8. The zero-order valence-electron chi connectivity index (χ0n) is 40.6. The van der Waals surface area contributed by atoms with Gasteiger partial charge in [-0.15, -0.1) is 11.3 Å². The Labute approximate surface area is 398 Å². The number of fused-ring (bicyclic) bond motifs is 6. The summed E-state index contributed by atoms with van der Waals surface area (Å²) in [6, 6.07) is 7.32. The Morgan fingerprint density at radius 3 is 2.52 bits per heavy atom. The SMILES string of the molecule is C=CC(=O)N1C[C@H](C)N(C(=O)N(C)[C@H](C(=O)N[C@H]2Cc3nc(cs3)-c3ccc4c(c3)c(c(-c3cccnc3[C@H](C)OC)n4C)CC(C)(C)COCC3(C=O)CCCN(N3)C2=O)C(C)C)[C@@H](C)C1. The summed E-state index contributed by atoms with van der Waals surface area (Å²) >= 11 is 1.40. The van der Waals surface area contributed by atoms with Crippen LogP contribution in [-0.4, -0.2) is 141 Å². The van der Waals surface area contributed by atoms with Crippen molar-refractivity contribution in [3.8, 4) is 22.5 Å². The minimum atomic E-state index is -1.19. The first kappa shape index (κ1) is 49.4. The summed E-state index contributed by atoms with van der Waals surface area (Å²) in [5.74, 6) is -1.47. The lowest BCUT2D eigenvalue weighted by atomic mass is 9.84. The molecule has 6 atom stereocenters. The van der Waals surface area contributed by atoms with Crippen LogP contribution >= 0.6 is 11.3 Å². The predicted molar refractivity (Wildman–Crippen MR) is 259 cm³/mol. The van der Waals surface area contributed by atoms with E-state index in [4.69, 9.17) is 19.4 Å². The molecule has 67 heavy (non-hydrogen) atoms. The summed E-state index contributed by atoms with van der Waals surface area (Å²) in [6.07, 6.45) is 5.30. The van der Waals surface area contributed by atoms with Crippen LogP contribution in [0.5, 0.6) is 0 Å². The van der Waals surface area contributed by atoms with Gasteiger partial charge in [-0.25, -0.2) is 15.2 Å². The highest BCUT2D eigenvalue weighted by Gasteiger charge is 2.43. The molecule has 3 aliphatic rings. The zero-order valence-corrected chi connectivity index (χ0v) is 41.4. The summed E-state index contributed by atoms with van der Waals surface area (Å²) in [5.41, 5.74) is 8.27. The first-order valence-electron chi connectivity index (χ1n) is 23.3. The van der Waals surface area contributed by atoms with E-state index in [-0.39, 0.29) is 49.1 Å². The second kappa shape index (κ2) is 20.0. The molecule has 0 aliphatic carbocycles. The van der Waals surface area contributed by atoms with Gasteiger partial charge in [0.15, 0.2) is 0 Å². The lowest BCUT2D eigenvalue weighted by Gasteiger charge is -2.46. The summed E-state index contributed by atoms with van der Waals surface area (Å²) in [4.78, 5) is 84.0. The first-order chi connectivity index (χ1) is 31.8. The number of aromatic nitrogens is 3. The number of pyridine rings is 1. The average Bonchev–Trinajstić information content (AvgIpc) is 3.88. The molecular formula is C50H67N9O7S. The van der Waals surface area contributed by atoms with Crippen molar-refractivity contribution < 1.29 is 33.4 Å². The number of hydrogen-bond donors (Lipinski definition) is 2. The standard InChI is InChI=1S/C50H67N9O7S/c1-12-42(61)57-24-31(4)59(32(5)25-57)48(64)56(10)44(30(2)3)46(62)53-38-22-41-52-39(26-67-41)34-16-17-40-36(21-34)37(45(55(40)9)35-15-13-19-51-43(35)33(6)65-11)23-49(7,8)28-66-29-50(27-60)18-14-20-58(54-50)47(38)63/h12-13,15-17,19,21,26-27,30-33,38,44,54H,1,14,18,20,22-25,28-29H2,2-11H3,(H,53,62)/t31-,32-,33-,38-,44-,50?/m0/s1. The molecule has 7 rings (SSSR count). The molecule has 3 aliphatic heterocycles. The molecule has 360 valence electrons. The molecule has 17 heteroatoms. The van der Waals surface area contributed by atoms with Gasteiger partial charge in [0.1, 0.15) is 23.9 Å². The van der Waals surface area contributed by atoms with Crippen LogP contribution in [-0.2, 0) is 48.5 Å². The van der Waals surface area contributed by atoms with E-state index in [1.165, 1.54) is 27.3 Å². The van der Waals surface area contributed by atoms with Crippen LogP contribution in [0.15, 0.2) is 54.6 Å². The molecule has 4 aromatic rings. The fourth-order valence-corrected chi connectivity index (χ4v) is 11.1. The van der Waals surface area contributed by atoms with Crippen LogP contribution in [0.3, 0.4) is 0 Å². The first-order valence-corrected chi connectivity index (χ1v) is 24.1. The number of likely N-dealkylation sites (N-methyl/N-ethyl adjacent to an activating group) is 1. The summed E-state index contributed by atoms with van der Waals surface area (Å²) in [5, 5.41) is 8.14. The van der Waals surface area contributed by atoms with Crippen molar-refractivity contribution >= 4 is 52.3 Å². The van der Waals surface area contributed by atoms with Gasteiger partial charge in [-0.1, -0.05) is 40.3 Å². The van der Waals surface area contributed by atoms with Crippen LogP contribution in [0.4, 0.5) is 4.79 Å². The molecule has 3 aromatic heterocycles. The molecule has 2 saturated heterocycles. The summed E-state index contributed by atoms with van der Waals surface area (Å²) in [7, 11) is 5.36. The summed E-state index contributed by atoms with van der Waals surface area (Å²) in [6.45, 7) is 18.7. The van der Waals surface area contributed by atoms with Gasteiger partial charge in [-0.3, -0.25) is 24.4 Å². The number of amides is 5. The Balaban J connectivity index is 1.26. The fourth-order valence-electron chi connectivity index (χ4n) is 10.2. The van der Waals surface area contributed by atoms with Crippen molar-refractivity contribution in [3.63, 3.8) is 0 Å². The fraction of sp³-hybridized carbons (Fsp3) is 0.540. The molecule has 0 saturated carbocycles. The molecule has 6 bridgehead atoms. The minimum Gasteiger partial charge on any atom is -0.378 e. The zero-order chi connectivity index (χ0) is 48.5. The van der Waals surface area contributed by atoms with Crippen LogP contribution in [0.25, 0.3) is 33.4 Å². The number of thiazole rings is 1. The van der Waals surface area contributed by atoms with E-state index in [1.807, 2.05) is 46.1 Å². The van der Waals surface area contributed by atoms with E-state index in [1.54, 1.807) is 30.2 Å². The Morgan fingerprint density at radius 1 is 1.12 bits per heavy atom. The molecule has 2 fully saturated rings. The Hall–Kier alpha value is -5.49. The largest absolute Gasteiger partial charge is 0.378 e. The van der Waals surface area contributed by atoms with Crippen LogP contribution in [0, 0.1) is 11.3 Å². The van der Waals surface area contributed by atoms with E-state index < -0.39 is 34.9 Å². The number of benzene rings is 1. The molecule has 2 N–H and O–H groups in total. The van der Waals surface area contributed by atoms with E-state index in [0.29, 0.717) is 50.5 Å². The number of carbonyl (C=O) groups is 5. The van der Waals surface area contributed by atoms with Crippen LogP contribution in [0.2, 0.25) is 0 Å². The molecule has 16 nitrogen and oxygen atoms in total. The van der Waals surface area contributed by atoms with Gasteiger partial charge in [-0.05, 0) is 87.3 Å². The van der Waals surface area contributed by atoms with Crippen molar-refractivity contribution in [2.24, 2.45) is 18.4 Å². The van der Waals surface area contributed by atoms with Gasteiger partial charge in [0, 0.05) is 93.0 Å². The van der Waals surface area contributed by atoms with E-state index in [2.05, 4.69) is 67.0 Å². The predicted octanol–water partition coefficient (Wildman–Crippen LogP) is 5.95. The third kappa shape index (κ3) is 10.1. The highest BCUT2D eigenvalue weighted by molar-refractivity contribution is 7.10. The average molecular weight is 938 g/mol. The van der Waals surface area contributed by atoms with Gasteiger partial charge in [0.25, 0.3) is 5.91 Å². The number of methoxy groups -OCH3 is 1. The second-order valence-electron chi connectivity index (χ2n) is 19.8. The van der Waals surface area contributed by atoms with Crippen molar-refractivity contribution in [2.75, 3.05) is 47.0 Å². The van der Waals surface area contributed by atoms with Crippen LogP contribution < -0.4 is 10.7 Å². The second-order valence-corrected chi connectivity index (χ2v) is 20.7. The number of aldehydes is 1. The number of hydrogen-bond acceptors (Lipinski definition) is 11. The quantitative estimate of drug-likeness (QED) is 0.151. The lowest BCUT2D eigenvalue weighted by molar-refractivity contribution is -0.147. The van der Waals surface area contributed by atoms with Gasteiger partial charge in [0.2, 0.25) is 11.8 Å². The van der Waals surface area contributed by atoms with E-state index in [9.17, 15) is 24.0 Å². The minimum absolute atomic E-state index is 0.0242. The van der Waals surface area contributed by atoms with E-state index in [0.717, 1.165) is 51.0 Å². The maximum atomic E-state index is 14.8. The monoisotopic (exact) mass is 937 g/mol. The maximum absolute atomic E-state index is 14.8. The number of carbonyl (C=O) groups excluding carboxylic acids is 5. The molecule has 0 radical (unpaired) electrons. The number of hydrazine groups is 1. The van der Waals surface area contributed by atoms with Crippen molar-refractivity contribution in [1.82, 2.24) is 45.0 Å². The van der Waals surface area contributed by atoms with Gasteiger partial charge in [0.05, 0.1) is 41.4 Å². The van der Waals surface area contributed by atoms with Gasteiger partial charge in [-0.2, -0.15) is 0 Å². The molecule has 1 unspecified atom stereocenters. The van der Waals surface area contributed by atoms with Crippen molar-refractivity contribution in [3.05, 3.63) is 70.8 Å². The number of nitrogens with one attached hydrogen (secondary N) is 2. The molecule has 5 amide bonds. The van der Waals surface area contributed by atoms with Gasteiger partial charge >= 0.3 is 6.03 Å². The molecule has 6 heterocycles. The highest BCUT2D eigenvalue weighted by atomic mass is 32.1. The molecule has 1 aromatic carbocycles. The van der Waals surface area contributed by atoms with Crippen molar-refractivity contribution in [2.45, 2.75) is 110 Å². The Bertz CT molecular complexity index is 2510. The normalized spacial score (nSPS) is 23.4. The molecule has 0 spiro atoms. The maximum Gasteiger partial charge on any atom is 0.321 e. The summed E-state index contributed by atoms with van der Waals surface area (Å²) < 4.78 is 14.5. The number of aryl methyl sites for hydroxylation is 1. The topological polar surface area (TPSA) is 172 Å². The number of nitrogens with zero attached hydrogens (tertiary/aromatic N) is 7. The van der Waals surface area contributed by atoms with Crippen LogP contribution in [0.1, 0.15) is 83.7 Å². The third-order valence-corrected chi connectivity index (χ3v) is 14.5. The van der Waals surface area contributed by atoms with E-state index >= 15 is 0 Å². The lowest BCUT2D eigenvalue weighted by Crippen LogP contribution is -2.67. The number of ether oxygens (including phenoxy) is 2. The number of rotatable bonds is 9. The van der Waals surface area contributed by atoms with Crippen molar-refractivity contribution in [1.29, 1.82) is 0 Å². The number of piperazine rings is 1. The third-order valence-electron chi connectivity index (χ3n) is 13.6. The molecular weight excluding hydrogens is 871 g/mol. The highest BCUT2D eigenvalue weighted by Crippen LogP contribution is 2.41. The Morgan fingerprint density at radius 2 is 1.85 bits per heavy atom. The van der Waals surface area contributed by atoms with Gasteiger partial charge < -0.3 is 38.9 Å². The smallest absolute Gasteiger partial charge is 0.321 e. The number of urea groups is 1.